The fourth-order valence-corrected chi connectivity index (χ4v) is 3.15. The standard InChI is InChI=1S/C18H25NO10/c1-10(20)26-9-14-18(28-12(3)22)13(27-11(2)21)8-17(29-14)25-7-6-19-15(23)4-5-16(19)24/h13-14,17-18H,4-9H2,1-3H3/t13-,14-,17?,18-/m1/s1. The molecule has 11 nitrogen and oxygen atoms in total. The Kier molecular flexibility index (Phi) is 8.09. The number of ether oxygens (including phenoxy) is 5. The van der Waals surface area contributed by atoms with Crippen LogP contribution in [0.15, 0.2) is 0 Å². The molecular formula is C18H25NO10. The molecule has 2 aliphatic heterocycles. The average Bonchev–Trinajstić information content (AvgIpc) is 2.93. The molecular weight excluding hydrogens is 390 g/mol. The lowest BCUT2D eigenvalue weighted by Crippen LogP contribution is -2.54. The molecule has 2 rings (SSSR count). The number of carbonyl (C=O) groups excluding carboxylic acids is 5. The molecule has 1 unspecified atom stereocenters. The van der Waals surface area contributed by atoms with Gasteiger partial charge in [0.15, 0.2) is 12.4 Å². The molecule has 2 aliphatic rings. The van der Waals surface area contributed by atoms with Gasteiger partial charge in [0.2, 0.25) is 11.8 Å². The summed E-state index contributed by atoms with van der Waals surface area (Å²) in [5.74, 6) is -2.29. The van der Waals surface area contributed by atoms with Crippen LogP contribution in [0.3, 0.4) is 0 Å². The van der Waals surface area contributed by atoms with Crippen LogP contribution in [0, 0.1) is 0 Å². The molecule has 0 saturated carbocycles. The lowest BCUT2D eigenvalue weighted by atomic mass is 10.0. The number of likely N-dealkylation sites (tertiary alicyclic amines) is 1. The van der Waals surface area contributed by atoms with E-state index in [1.807, 2.05) is 0 Å². The lowest BCUT2D eigenvalue weighted by molar-refractivity contribution is -0.266. The van der Waals surface area contributed by atoms with E-state index in [1.54, 1.807) is 0 Å². The van der Waals surface area contributed by atoms with Crippen LogP contribution in [0.5, 0.6) is 0 Å². The Bertz CT molecular complexity index is 647. The summed E-state index contributed by atoms with van der Waals surface area (Å²) in [6, 6.07) is 0. The summed E-state index contributed by atoms with van der Waals surface area (Å²) in [6.45, 7) is 3.45. The van der Waals surface area contributed by atoms with Crippen molar-refractivity contribution in [2.24, 2.45) is 0 Å². The molecule has 4 atom stereocenters. The van der Waals surface area contributed by atoms with Crippen molar-refractivity contribution in [2.75, 3.05) is 19.8 Å². The normalized spacial score (nSPS) is 26.9. The van der Waals surface area contributed by atoms with Crippen molar-refractivity contribution >= 4 is 29.7 Å². The fourth-order valence-electron chi connectivity index (χ4n) is 3.15. The third-order valence-electron chi connectivity index (χ3n) is 4.33. The van der Waals surface area contributed by atoms with Gasteiger partial charge in [-0.1, -0.05) is 0 Å². The van der Waals surface area contributed by atoms with E-state index in [1.165, 1.54) is 20.8 Å². The predicted molar refractivity (Wildman–Crippen MR) is 92.9 cm³/mol. The molecule has 0 aromatic carbocycles. The highest BCUT2D eigenvalue weighted by atomic mass is 16.7. The monoisotopic (exact) mass is 415 g/mol. The molecule has 2 fully saturated rings. The highest BCUT2D eigenvalue weighted by molar-refractivity contribution is 6.01. The molecule has 2 amide bonds. The largest absolute Gasteiger partial charge is 0.463 e. The third kappa shape index (κ3) is 6.79. The zero-order valence-electron chi connectivity index (χ0n) is 16.6. The number of imide groups is 1. The van der Waals surface area contributed by atoms with E-state index in [9.17, 15) is 24.0 Å². The van der Waals surface area contributed by atoms with Crippen molar-refractivity contribution in [3.05, 3.63) is 0 Å². The Morgan fingerprint density at radius 1 is 1.00 bits per heavy atom. The Morgan fingerprint density at radius 3 is 2.17 bits per heavy atom. The van der Waals surface area contributed by atoms with Gasteiger partial charge in [-0.3, -0.25) is 28.9 Å². The maximum atomic E-state index is 11.7. The average molecular weight is 415 g/mol. The van der Waals surface area contributed by atoms with Crippen molar-refractivity contribution in [2.45, 2.75) is 64.6 Å². The van der Waals surface area contributed by atoms with E-state index >= 15 is 0 Å². The number of esters is 3. The first kappa shape index (κ1) is 22.8. The number of hydrogen-bond donors (Lipinski definition) is 0. The van der Waals surface area contributed by atoms with Crippen LogP contribution in [0.2, 0.25) is 0 Å². The van der Waals surface area contributed by atoms with Crippen LogP contribution < -0.4 is 0 Å². The number of amides is 2. The van der Waals surface area contributed by atoms with Gasteiger partial charge in [0.25, 0.3) is 0 Å². The predicted octanol–water partition coefficient (Wildman–Crippen LogP) is -0.306. The minimum atomic E-state index is -0.989. The van der Waals surface area contributed by atoms with Gasteiger partial charge in [-0.15, -0.1) is 0 Å². The number of rotatable bonds is 8. The molecule has 0 aliphatic carbocycles. The summed E-state index contributed by atoms with van der Waals surface area (Å²) in [5, 5.41) is 0. The van der Waals surface area contributed by atoms with Crippen LogP contribution in [-0.2, 0) is 47.7 Å². The molecule has 11 heteroatoms. The zero-order valence-corrected chi connectivity index (χ0v) is 16.6. The van der Waals surface area contributed by atoms with E-state index in [0.717, 1.165) is 4.90 Å². The van der Waals surface area contributed by atoms with Crippen molar-refractivity contribution in [3.63, 3.8) is 0 Å². The fraction of sp³-hybridized carbons (Fsp3) is 0.722. The second-order valence-corrected chi connectivity index (χ2v) is 6.67. The minimum Gasteiger partial charge on any atom is -0.463 e. The van der Waals surface area contributed by atoms with Crippen molar-refractivity contribution in [1.29, 1.82) is 0 Å². The molecule has 29 heavy (non-hydrogen) atoms. The summed E-state index contributed by atoms with van der Waals surface area (Å²) in [6.07, 6.45) is -3.27. The van der Waals surface area contributed by atoms with E-state index in [0.29, 0.717) is 0 Å². The number of carbonyl (C=O) groups is 5. The lowest BCUT2D eigenvalue weighted by Gasteiger charge is -2.40. The molecule has 0 radical (unpaired) electrons. The van der Waals surface area contributed by atoms with E-state index < -0.39 is 42.5 Å². The molecule has 0 N–H and O–H groups in total. The van der Waals surface area contributed by atoms with Crippen molar-refractivity contribution < 1.29 is 47.7 Å². The first-order valence-corrected chi connectivity index (χ1v) is 9.25. The second kappa shape index (κ2) is 10.3. The van der Waals surface area contributed by atoms with Crippen molar-refractivity contribution in [3.8, 4) is 0 Å². The second-order valence-electron chi connectivity index (χ2n) is 6.67. The van der Waals surface area contributed by atoms with Crippen LogP contribution in [0.25, 0.3) is 0 Å². The van der Waals surface area contributed by atoms with Gasteiger partial charge < -0.3 is 23.7 Å². The SMILES string of the molecule is CC(=O)OC[C@H]1OC(OCCN2C(=O)CCC2=O)C[C@@H](OC(C)=O)[C@H]1OC(C)=O. The van der Waals surface area contributed by atoms with Crippen LogP contribution >= 0.6 is 0 Å². The molecule has 162 valence electrons. The summed E-state index contributed by atoms with van der Waals surface area (Å²) < 4.78 is 26.8. The van der Waals surface area contributed by atoms with Gasteiger partial charge in [0.1, 0.15) is 18.8 Å². The van der Waals surface area contributed by atoms with Gasteiger partial charge in [0.05, 0.1) is 13.2 Å². The molecule has 2 saturated heterocycles. The van der Waals surface area contributed by atoms with Crippen LogP contribution in [0.4, 0.5) is 0 Å². The quantitative estimate of drug-likeness (QED) is 0.295. The topological polar surface area (TPSA) is 135 Å². The Morgan fingerprint density at radius 2 is 1.62 bits per heavy atom. The van der Waals surface area contributed by atoms with E-state index in [2.05, 4.69) is 0 Å². The molecule has 0 aromatic heterocycles. The Balaban J connectivity index is 2.03. The number of hydrogen-bond acceptors (Lipinski definition) is 10. The Hall–Kier alpha value is -2.53. The maximum Gasteiger partial charge on any atom is 0.303 e. The van der Waals surface area contributed by atoms with Gasteiger partial charge >= 0.3 is 17.9 Å². The zero-order chi connectivity index (χ0) is 21.6. The maximum absolute atomic E-state index is 11.7. The van der Waals surface area contributed by atoms with Gasteiger partial charge in [-0.2, -0.15) is 0 Å². The van der Waals surface area contributed by atoms with E-state index in [-0.39, 0.29) is 50.8 Å². The summed E-state index contributed by atoms with van der Waals surface area (Å²) in [4.78, 5) is 58.5. The minimum absolute atomic E-state index is 0.00740. The van der Waals surface area contributed by atoms with E-state index in [4.69, 9.17) is 23.7 Å². The first-order chi connectivity index (χ1) is 13.7. The molecule has 0 bridgehead atoms. The smallest absolute Gasteiger partial charge is 0.303 e. The van der Waals surface area contributed by atoms with Crippen LogP contribution in [-0.4, -0.2) is 79.0 Å². The highest BCUT2D eigenvalue weighted by Crippen LogP contribution is 2.27. The summed E-state index contributed by atoms with van der Waals surface area (Å²) in [5.41, 5.74) is 0. The summed E-state index contributed by atoms with van der Waals surface area (Å²) >= 11 is 0. The van der Waals surface area contributed by atoms with Crippen molar-refractivity contribution in [1.82, 2.24) is 4.90 Å². The summed E-state index contributed by atoms with van der Waals surface area (Å²) in [7, 11) is 0. The number of nitrogens with zero attached hydrogens (tertiary/aromatic N) is 1. The van der Waals surface area contributed by atoms with Gasteiger partial charge in [-0.05, 0) is 0 Å². The molecule has 0 aromatic rings. The Labute approximate surface area is 167 Å². The molecule has 0 spiro atoms. The van der Waals surface area contributed by atoms with Gasteiger partial charge in [-0.25, -0.2) is 0 Å². The highest BCUT2D eigenvalue weighted by Gasteiger charge is 2.44. The van der Waals surface area contributed by atoms with Crippen LogP contribution in [0.1, 0.15) is 40.0 Å². The molecule has 2 heterocycles. The van der Waals surface area contributed by atoms with Gasteiger partial charge in [0, 0.05) is 40.0 Å². The first-order valence-electron chi connectivity index (χ1n) is 9.25. The third-order valence-corrected chi connectivity index (χ3v) is 4.33.